The molecule has 0 amide bonds. The third-order valence-electron chi connectivity index (χ3n) is 2.73. The topological polar surface area (TPSA) is 75.1 Å². The normalized spacial score (nSPS) is 12.3. The Morgan fingerprint density at radius 2 is 2.11 bits per heavy atom. The lowest BCUT2D eigenvalue weighted by atomic mass is 10.2. The molecule has 2 N–H and O–H groups in total. The average molecular weight is 245 g/mol. The third kappa shape index (κ3) is 2.40. The van der Waals surface area contributed by atoms with Crippen molar-refractivity contribution in [3.05, 3.63) is 30.1 Å². The van der Waals surface area contributed by atoms with E-state index < -0.39 is 12.0 Å². The molecule has 1 atom stereocenters. The number of hydrogen-bond acceptors (Lipinski definition) is 4. The largest absolute Gasteiger partial charge is 0.480 e. The zero-order valence-corrected chi connectivity index (χ0v) is 10.3. The fourth-order valence-corrected chi connectivity index (χ4v) is 1.81. The van der Waals surface area contributed by atoms with Crippen LogP contribution in [-0.2, 0) is 4.79 Å². The van der Waals surface area contributed by atoms with Gasteiger partial charge in [-0.1, -0.05) is 19.1 Å². The molecule has 1 unspecified atom stereocenters. The fraction of sp³-hybridized carbons (Fsp3) is 0.308. The van der Waals surface area contributed by atoms with Crippen molar-refractivity contribution in [3.8, 4) is 0 Å². The molecule has 0 aliphatic rings. The van der Waals surface area contributed by atoms with E-state index in [1.807, 2.05) is 31.2 Å². The van der Waals surface area contributed by atoms with Crippen molar-refractivity contribution in [1.29, 1.82) is 0 Å². The molecular weight excluding hydrogens is 230 g/mol. The molecule has 5 heteroatoms. The number of carbonyl (C=O) groups is 1. The Kier molecular flexibility index (Phi) is 3.41. The van der Waals surface area contributed by atoms with Crippen LogP contribution in [0.5, 0.6) is 0 Å². The van der Waals surface area contributed by atoms with Gasteiger partial charge in [0.05, 0.1) is 5.52 Å². The van der Waals surface area contributed by atoms with E-state index in [1.54, 1.807) is 6.92 Å². The predicted octanol–water partition coefficient (Wildman–Crippen LogP) is 2.21. The maximum atomic E-state index is 11.0. The molecule has 94 valence electrons. The minimum atomic E-state index is -0.877. The van der Waals surface area contributed by atoms with Crippen LogP contribution in [0.25, 0.3) is 10.9 Å². The van der Waals surface area contributed by atoms with Gasteiger partial charge < -0.3 is 10.4 Å². The lowest BCUT2D eigenvalue weighted by Gasteiger charge is -2.14. The van der Waals surface area contributed by atoms with E-state index in [4.69, 9.17) is 5.11 Å². The molecule has 5 nitrogen and oxygen atoms in total. The molecule has 0 aliphatic carbocycles. The Hall–Kier alpha value is -2.17. The van der Waals surface area contributed by atoms with Crippen LogP contribution in [0.15, 0.2) is 24.3 Å². The van der Waals surface area contributed by atoms with Gasteiger partial charge in [-0.2, -0.15) is 0 Å². The van der Waals surface area contributed by atoms with Gasteiger partial charge in [-0.3, -0.25) is 0 Å². The van der Waals surface area contributed by atoms with Crippen molar-refractivity contribution in [1.82, 2.24) is 9.97 Å². The Labute approximate surface area is 105 Å². The number of carboxylic acids is 1. The quantitative estimate of drug-likeness (QED) is 0.863. The van der Waals surface area contributed by atoms with Crippen molar-refractivity contribution in [3.63, 3.8) is 0 Å². The van der Waals surface area contributed by atoms with Crippen molar-refractivity contribution < 1.29 is 9.90 Å². The number of aryl methyl sites for hydroxylation is 1. The van der Waals surface area contributed by atoms with E-state index in [2.05, 4.69) is 15.3 Å². The number of benzene rings is 1. The summed E-state index contributed by atoms with van der Waals surface area (Å²) in [6, 6.07) is 6.91. The monoisotopic (exact) mass is 245 g/mol. The smallest absolute Gasteiger partial charge is 0.326 e. The van der Waals surface area contributed by atoms with Gasteiger partial charge in [-0.05, 0) is 25.5 Å². The maximum absolute atomic E-state index is 11.0. The van der Waals surface area contributed by atoms with Gasteiger partial charge in [0, 0.05) is 5.39 Å². The number of nitrogens with one attached hydrogen (secondary N) is 1. The first-order valence-electron chi connectivity index (χ1n) is 5.84. The lowest BCUT2D eigenvalue weighted by Crippen LogP contribution is -2.29. The highest BCUT2D eigenvalue weighted by molar-refractivity contribution is 5.90. The number of aromatic nitrogens is 2. The molecule has 2 rings (SSSR count). The fourth-order valence-electron chi connectivity index (χ4n) is 1.81. The Balaban J connectivity index is 2.46. The second kappa shape index (κ2) is 5.00. The molecular formula is C13H15N3O2. The summed E-state index contributed by atoms with van der Waals surface area (Å²) in [7, 11) is 0. The summed E-state index contributed by atoms with van der Waals surface area (Å²) in [4.78, 5) is 19.7. The molecule has 1 aromatic heterocycles. The number of nitrogens with zero attached hydrogens (tertiary/aromatic N) is 2. The summed E-state index contributed by atoms with van der Waals surface area (Å²) in [5.74, 6) is 0.321. The van der Waals surface area contributed by atoms with Crippen LogP contribution in [0.2, 0.25) is 0 Å². The summed E-state index contributed by atoms with van der Waals surface area (Å²) in [6.45, 7) is 3.61. The van der Waals surface area contributed by atoms with E-state index in [-0.39, 0.29) is 0 Å². The molecule has 18 heavy (non-hydrogen) atoms. The SMILES string of the molecule is CCC(Nc1nc(C)nc2ccccc12)C(=O)O. The molecule has 0 aliphatic heterocycles. The minimum absolute atomic E-state index is 0.493. The van der Waals surface area contributed by atoms with Crippen molar-refractivity contribution >= 4 is 22.7 Å². The molecule has 0 saturated carbocycles. The Morgan fingerprint density at radius 3 is 2.78 bits per heavy atom. The second-order valence-electron chi connectivity index (χ2n) is 4.08. The predicted molar refractivity (Wildman–Crippen MR) is 69.6 cm³/mol. The standard InChI is InChI=1S/C13H15N3O2/c1-3-10(13(17)18)16-12-9-6-4-5-7-11(9)14-8(2)15-12/h4-7,10H,3H2,1-2H3,(H,17,18)(H,14,15,16). The van der Waals surface area contributed by atoms with E-state index in [0.717, 1.165) is 10.9 Å². The molecule has 0 saturated heterocycles. The first kappa shape index (κ1) is 12.3. The van der Waals surface area contributed by atoms with Crippen molar-refractivity contribution in [2.24, 2.45) is 0 Å². The minimum Gasteiger partial charge on any atom is -0.480 e. The van der Waals surface area contributed by atoms with Gasteiger partial charge in [0.15, 0.2) is 0 Å². The van der Waals surface area contributed by atoms with Crippen LogP contribution < -0.4 is 5.32 Å². The summed E-state index contributed by atoms with van der Waals surface area (Å²) in [6.07, 6.45) is 0.493. The van der Waals surface area contributed by atoms with E-state index in [9.17, 15) is 4.79 Å². The number of fused-ring (bicyclic) bond motifs is 1. The first-order valence-corrected chi connectivity index (χ1v) is 5.84. The van der Waals surface area contributed by atoms with E-state index in [1.165, 1.54) is 0 Å². The molecule has 2 aromatic rings. The van der Waals surface area contributed by atoms with Crippen LogP contribution >= 0.6 is 0 Å². The second-order valence-corrected chi connectivity index (χ2v) is 4.08. The summed E-state index contributed by atoms with van der Waals surface area (Å²) in [5.41, 5.74) is 0.813. The Morgan fingerprint density at radius 1 is 1.39 bits per heavy atom. The average Bonchev–Trinajstić information content (AvgIpc) is 2.35. The Bertz CT molecular complexity index is 583. The van der Waals surface area contributed by atoms with Gasteiger partial charge in [-0.15, -0.1) is 0 Å². The van der Waals surface area contributed by atoms with Gasteiger partial charge in [0.1, 0.15) is 17.7 Å². The van der Waals surface area contributed by atoms with Gasteiger partial charge in [0.2, 0.25) is 0 Å². The molecule has 0 fully saturated rings. The zero-order chi connectivity index (χ0) is 13.1. The van der Waals surface area contributed by atoms with Crippen LogP contribution in [0.4, 0.5) is 5.82 Å². The van der Waals surface area contributed by atoms with Crippen molar-refractivity contribution in [2.75, 3.05) is 5.32 Å². The maximum Gasteiger partial charge on any atom is 0.326 e. The molecule has 0 radical (unpaired) electrons. The van der Waals surface area contributed by atoms with Gasteiger partial charge in [0.25, 0.3) is 0 Å². The molecule has 0 spiro atoms. The third-order valence-corrected chi connectivity index (χ3v) is 2.73. The van der Waals surface area contributed by atoms with Crippen molar-refractivity contribution in [2.45, 2.75) is 26.3 Å². The lowest BCUT2D eigenvalue weighted by molar-refractivity contribution is -0.137. The number of carboxylic acid groups (broad SMARTS) is 1. The van der Waals surface area contributed by atoms with Crippen LogP contribution in [0.3, 0.4) is 0 Å². The summed E-state index contributed by atoms with van der Waals surface area (Å²) >= 11 is 0. The highest BCUT2D eigenvalue weighted by Crippen LogP contribution is 2.20. The van der Waals surface area contributed by atoms with E-state index >= 15 is 0 Å². The van der Waals surface area contributed by atoms with Crippen LogP contribution in [0.1, 0.15) is 19.2 Å². The highest BCUT2D eigenvalue weighted by atomic mass is 16.4. The number of aliphatic carboxylic acids is 1. The van der Waals surface area contributed by atoms with Crippen LogP contribution in [0, 0.1) is 6.92 Å². The van der Waals surface area contributed by atoms with E-state index in [0.29, 0.717) is 18.1 Å². The van der Waals surface area contributed by atoms with Gasteiger partial charge >= 0.3 is 5.97 Å². The molecule has 0 bridgehead atoms. The summed E-state index contributed by atoms with van der Waals surface area (Å²) in [5, 5.41) is 12.9. The highest BCUT2D eigenvalue weighted by Gasteiger charge is 2.16. The number of anilines is 1. The molecule has 1 aromatic carbocycles. The number of hydrogen-bond donors (Lipinski definition) is 2. The summed E-state index contributed by atoms with van der Waals surface area (Å²) < 4.78 is 0. The molecule has 1 heterocycles. The first-order chi connectivity index (χ1) is 8.61. The zero-order valence-electron chi connectivity index (χ0n) is 10.3. The van der Waals surface area contributed by atoms with Crippen LogP contribution in [-0.4, -0.2) is 27.1 Å². The number of rotatable bonds is 4. The number of para-hydroxylation sites is 1. The van der Waals surface area contributed by atoms with Gasteiger partial charge in [-0.25, -0.2) is 14.8 Å².